The molecule has 0 unspecified atom stereocenters. The van der Waals surface area contributed by atoms with Crippen LogP contribution in [-0.4, -0.2) is 39.8 Å². The van der Waals surface area contributed by atoms with Gasteiger partial charge < -0.3 is 10.1 Å². The van der Waals surface area contributed by atoms with Gasteiger partial charge in [0, 0.05) is 10.9 Å². The van der Waals surface area contributed by atoms with Crippen molar-refractivity contribution < 1.29 is 17.9 Å². The molecule has 0 spiro atoms. The number of aryl methyl sites for hydroxylation is 1. The lowest BCUT2D eigenvalue weighted by Crippen LogP contribution is -2.43. The molecule has 0 fully saturated rings. The molecule has 0 aliphatic carbocycles. The van der Waals surface area contributed by atoms with E-state index in [4.69, 9.17) is 4.74 Å². The highest BCUT2D eigenvalue weighted by Crippen LogP contribution is 2.27. The number of hydrogen-bond acceptors (Lipinski definition) is 5. The van der Waals surface area contributed by atoms with E-state index in [-0.39, 0.29) is 23.4 Å². The first-order valence-corrected chi connectivity index (χ1v) is 14.2. The van der Waals surface area contributed by atoms with Gasteiger partial charge in [-0.3, -0.25) is 9.10 Å². The van der Waals surface area contributed by atoms with Gasteiger partial charge in [0.25, 0.3) is 10.0 Å². The number of anilines is 1. The van der Waals surface area contributed by atoms with E-state index in [9.17, 15) is 13.2 Å². The predicted octanol–water partition coefficient (Wildman–Crippen LogP) is 5.14. The van der Waals surface area contributed by atoms with E-state index in [0.29, 0.717) is 18.0 Å². The van der Waals surface area contributed by atoms with Crippen molar-refractivity contribution in [1.82, 2.24) is 5.32 Å². The van der Waals surface area contributed by atoms with E-state index in [0.717, 1.165) is 22.0 Å². The van der Waals surface area contributed by atoms with Crippen molar-refractivity contribution in [3.8, 4) is 5.75 Å². The van der Waals surface area contributed by atoms with Crippen molar-refractivity contribution in [3.05, 3.63) is 84.4 Å². The number of benzene rings is 3. The number of amides is 1. The highest BCUT2D eigenvalue weighted by molar-refractivity contribution is 7.98. The molecule has 0 saturated heterocycles. The Hall–Kier alpha value is -2.97. The highest BCUT2D eigenvalue weighted by atomic mass is 32.2. The third-order valence-corrected chi connectivity index (χ3v) is 8.02. The van der Waals surface area contributed by atoms with E-state index in [1.807, 2.05) is 38.3 Å². The lowest BCUT2D eigenvalue weighted by atomic mass is 10.1. The largest absolute Gasteiger partial charge is 0.494 e. The number of ether oxygens (including phenoxy) is 1. The Morgan fingerprint density at radius 2 is 1.66 bits per heavy atom. The molecular weight excluding hydrogens is 480 g/mol. The van der Waals surface area contributed by atoms with Crippen LogP contribution in [0.4, 0.5) is 5.69 Å². The Kier molecular flexibility index (Phi) is 9.63. The van der Waals surface area contributed by atoms with Crippen LogP contribution in [-0.2, 0) is 21.2 Å². The number of hydrogen-bond donors (Lipinski definition) is 1. The van der Waals surface area contributed by atoms with E-state index in [1.54, 1.807) is 48.5 Å². The molecule has 3 aromatic rings. The first kappa shape index (κ1) is 26.6. The molecule has 1 amide bonds. The summed E-state index contributed by atoms with van der Waals surface area (Å²) in [4.78, 5) is 14.0. The second kappa shape index (κ2) is 12.7. The number of nitrogens with zero attached hydrogens (tertiary/aromatic N) is 1. The van der Waals surface area contributed by atoms with Gasteiger partial charge in [-0.15, -0.1) is 11.8 Å². The number of rotatable bonds is 12. The fourth-order valence-corrected chi connectivity index (χ4v) is 5.45. The maximum Gasteiger partial charge on any atom is 0.264 e. The van der Waals surface area contributed by atoms with Crippen LogP contribution in [0.5, 0.6) is 5.75 Å². The van der Waals surface area contributed by atoms with Crippen LogP contribution in [0, 0.1) is 0 Å². The smallest absolute Gasteiger partial charge is 0.264 e. The first-order valence-electron chi connectivity index (χ1n) is 11.6. The van der Waals surface area contributed by atoms with Gasteiger partial charge in [0.15, 0.2) is 0 Å². The standard InChI is InChI=1S/C27H32N2O4S2/c1-4-33-24-14-12-23(13-15-24)29(35(31,32)26-18-16-25(34-3)17-19-26)20-27(30)28-21(2)10-11-22-8-6-5-7-9-22/h5-9,12-19,21H,4,10-11,20H2,1-3H3,(H,28,30)/t21-/m1/s1. The summed E-state index contributed by atoms with van der Waals surface area (Å²) < 4.78 is 33.8. The molecule has 1 N–H and O–H groups in total. The van der Waals surface area contributed by atoms with Crippen molar-refractivity contribution >= 4 is 33.4 Å². The minimum atomic E-state index is -3.97. The molecule has 0 radical (unpaired) electrons. The minimum absolute atomic E-state index is 0.103. The number of sulfonamides is 1. The molecule has 0 aliphatic heterocycles. The van der Waals surface area contributed by atoms with Gasteiger partial charge in [0.1, 0.15) is 12.3 Å². The number of thioether (sulfide) groups is 1. The summed E-state index contributed by atoms with van der Waals surface area (Å²) in [6, 6.07) is 23.4. The number of carbonyl (C=O) groups is 1. The Labute approximate surface area is 212 Å². The second-order valence-electron chi connectivity index (χ2n) is 8.11. The van der Waals surface area contributed by atoms with Gasteiger partial charge in [-0.25, -0.2) is 8.42 Å². The Balaban J connectivity index is 1.78. The monoisotopic (exact) mass is 512 g/mol. The van der Waals surface area contributed by atoms with Gasteiger partial charge >= 0.3 is 0 Å². The highest BCUT2D eigenvalue weighted by Gasteiger charge is 2.27. The fraction of sp³-hybridized carbons (Fsp3) is 0.296. The molecule has 0 saturated carbocycles. The van der Waals surface area contributed by atoms with Gasteiger partial charge in [-0.1, -0.05) is 30.3 Å². The zero-order chi connectivity index (χ0) is 25.3. The summed E-state index contributed by atoms with van der Waals surface area (Å²) >= 11 is 1.53. The Bertz CT molecular complexity index is 1180. The molecule has 0 aromatic heterocycles. The van der Waals surface area contributed by atoms with Crippen LogP contribution in [0.2, 0.25) is 0 Å². The van der Waals surface area contributed by atoms with Gasteiger partial charge in [0.05, 0.1) is 17.2 Å². The molecule has 3 rings (SSSR count). The second-order valence-corrected chi connectivity index (χ2v) is 10.8. The third kappa shape index (κ3) is 7.50. The van der Waals surface area contributed by atoms with E-state index >= 15 is 0 Å². The van der Waals surface area contributed by atoms with Crippen molar-refractivity contribution in [2.24, 2.45) is 0 Å². The minimum Gasteiger partial charge on any atom is -0.494 e. The topological polar surface area (TPSA) is 75.7 Å². The molecule has 3 aromatic carbocycles. The molecule has 0 bridgehead atoms. The average molecular weight is 513 g/mol. The molecule has 35 heavy (non-hydrogen) atoms. The maximum absolute atomic E-state index is 13.6. The molecule has 0 aliphatic rings. The predicted molar refractivity (Wildman–Crippen MR) is 143 cm³/mol. The SMILES string of the molecule is CCOc1ccc(N(CC(=O)N[C@H](C)CCc2ccccc2)S(=O)(=O)c2ccc(SC)cc2)cc1. The molecule has 6 nitrogen and oxygen atoms in total. The molecule has 1 atom stereocenters. The molecular formula is C27H32N2O4S2. The van der Waals surface area contributed by atoms with Crippen LogP contribution >= 0.6 is 11.8 Å². The quantitative estimate of drug-likeness (QED) is 0.340. The molecule has 0 heterocycles. The zero-order valence-corrected chi connectivity index (χ0v) is 21.9. The average Bonchev–Trinajstić information content (AvgIpc) is 2.87. The molecule has 8 heteroatoms. The zero-order valence-electron chi connectivity index (χ0n) is 20.3. The summed E-state index contributed by atoms with van der Waals surface area (Å²) in [5.41, 5.74) is 1.59. The van der Waals surface area contributed by atoms with Crippen molar-refractivity contribution in [1.29, 1.82) is 0 Å². The van der Waals surface area contributed by atoms with E-state index in [2.05, 4.69) is 17.4 Å². The summed E-state index contributed by atoms with van der Waals surface area (Å²) in [7, 11) is -3.97. The van der Waals surface area contributed by atoms with Crippen molar-refractivity contribution in [3.63, 3.8) is 0 Å². The molecule has 186 valence electrons. The summed E-state index contributed by atoms with van der Waals surface area (Å²) in [5.74, 6) is 0.278. The number of carbonyl (C=O) groups excluding carboxylic acids is 1. The normalized spacial score (nSPS) is 12.1. The van der Waals surface area contributed by atoms with Crippen LogP contribution in [0.15, 0.2) is 88.7 Å². The van der Waals surface area contributed by atoms with Crippen molar-refractivity contribution in [2.45, 2.75) is 42.5 Å². The fourth-order valence-electron chi connectivity index (χ4n) is 3.62. The van der Waals surface area contributed by atoms with Crippen molar-refractivity contribution in [2.75, 3.05) is 23.7 Å². The van der Waals surface area contributed by atoms with Crippen LogP contribution in [0.25, 0.3) is 0 Å². The van der Waals surface area contributed by atoms with Crippen LogP contribution < -0.4 is 14.4 Å². The lowest BCUT2D eigenvalue weighted by Gasteiger charge is -2.25. The summed E-state index contributed by atoms with van der Waals surface area (Å²) in [6.07, 6.45) is 3.51. The van der Waals surface area contributed by atoms with E-state index in [1.165, 1.54) is 17.3 Å². The summed E-state index contributed by atoms with van der Waals surface area (Å²) in [5, 5.41) is 2.95. The van der Waals surface area contributed by atoms with Crippen LogP contribution in [0.3, 0.4) is 0 Å². The maximum atomic E-state index is 13.6. The summed E-state index contributed by atoms with van der Waals surface area (Å²) in [6.45, 7) is 3.99. The Morgan fingerprint density at radius 1 is 1.00 bits per heavy atom. The number of nitrogens with one attached hydrogen (secondary N) is 1. The van der Waals surface area contributed by atoms with E-state index < -0.39 is 10.0 Å². The lowest BCUT2D eigenvalue weighted by molar-refractivity contribution is -0.120. The van der Waals surface area contributed by atoms with Gasteiger partial charge in [-0.05, 0) is 87.0 Å². The van der Waals surface area contributed by atoms with Gasteiger partial charge in [0.2, 0.25) is 5.91 Å². The Morgan fingerprint density at radius 3 is 2.26 bits per heavy atom. The third-order valence-electron chi connectivity index (χ3n) is 5.49. The first-order chi connectivity index (χ1) is 16.8. The van der Waals surface area contributed by atoms with Crippen LogP contribution in [0.1, 0.15) is 25.8 Å². The van der Waals surface area contributed by atoms with Gasteiger partial charge in [-0.2, -0.15) is 0 Å².